The zero-order valence-corrected chi connectivity index (χ0v) is 14.4. The second-order valence-corrected chi connectivity index (χ2v) is 6.25. The van der Waals surface area contributed by atoms with Gasteiger partial charge in [0, 0.05) is 20.1 Å². The molecule has 0 fully saturated rings. The number of amides is 1. The lowest BCUT2D eigenvalue weighted by Crippen LogP contribution is -2.38. The molecule has 5 nitrogen and oxygen atoms in total. The third kappa shape index (κ3) is 5.83. The number of carbonyl (C=O) groups excluding carboxylic acids is 1. The maximum Gasteiger partial charge on any atom is 0.307 e. The van der Waals surface area contributed by atoms with Gasteiger partial charge in [-0.2, -0.15) is 0 Å². The summed E-state index contributed by atoms with van der Waals surface area (Å²) in [6, 6.07) is 5.23. The highest BCUT2D eigenvalue weighted by atomic mass is 35.5. The number of likely N-dealkylation sites (N-methyl/N-ethyl adjacent to an activating group) is 2. The molecule has 122 valence electrons. The van der Waals surface area contributed by atoms with Crippen LogP contribution in [-0.4, -0.2) is 54.0 Å². The zero-order chi connectivity index (χ0) is 16.9. The van der Waals surface area contributed by atoms with Crippen LogP contribution in [0.5, 0.6) is 0 Å². The number of carbonyl (C=O) groups is 2. The molecule has 7 heteroatoms. The number of benzene rings is 1. The molecular formula is C15H20Cl2N2O3. The first kappa shape index (κ1) is 18.7. The van der Waals surface area contributed by atoms with E-state index in [0.29, 0.717) is 23.1 Å². The van der Waals surface area contributed by atoms with Gasteiger partial charge in [0.15, 0.2) is 0 Å². The second-order valence-electron chi connectivity index (χ2n) is 5.43. The fraction of sp³-hybridized carbons (Fsp3) is 0.467. The molecule has 22 heavy (non-hydrogen) atoms. The van der Waals surface area contributed by atoms with Gasteiger partial charge in [-0.3, -0.25) is 14.5 Å². The van der Waals surface area contributed by atoms with E-state index >= 15 is 0 Å². The van der Waals surface area contributed by atoms with Crippen molar-refractivity contribution in [3.8, 4) is 0 Å². The second kappa shape index (κ2) is 8.36. The van der Waals surface area contributed by atoms with Crippen LogP contribution in [-0.2, 0) is 16.1 Å². The predicted molar refractivity (Wildman–Crippen MR) is 87.2 cm³/mol. The highest BCUT2D eigenvalue weighted by Crippen LogP contribution is 2.23. The summed E-state index contributed by atoms with van der Waals surface area (Å²) < 4.78 is 0. The van der Waals surface area contributed by atoms with E-state index in [-0.39, 0.29) is 12.5 Å². The van der Waals surface area contributed by atoms with Gasteiger partial charge in [-0.15, -0.1) is 0 Å². The Morgan fingerprint density at radius 2 is 1.86 bits per heavy atom. The number of halogens is 2. The van der Waals surface area contributed by atoms with Crippen molar-refractivity contribution in [1.82, 2.24) is 9.80 Å². The number of nitrogens with zero attached hydrogens (tertiary/aromatic N) is 2. The number of hydrogen-bond donors (Lipinski definition) is 1. The summed E-state index contributed by atoms with van der Waals surface area (Å²) in [4.78, 5) is 26.2. The van der Waals surface area contributed by atoms with Crippen LogP contribution in [0.3, 0.4) is 0 Å². The normalized spacial score (nSPS) is 12.3. The van der Waals surface area contributed by atoms with Gasteiger partial charge in [0.2, 0.25) is 5.91 Å². The van der Waals surface area contributed by atoms with E-state index in [1.165, 1.54) is 0 Å². The summed E-state index contributed by atoms with van der Waals surface area (Å²) in [5.74, 6) is -1.48. The van der Waals surface area contributed by atoms with E-state index in [0.717, 1.165) is 5.56 Å². The Hall–Kier alpha value is -1.30. The van der Waals surface area contributed by atoms with Crippen molar-refractivity contribution < 1.29 is 14.7 Å². The molecule has 0 spiro atoms. The van der Waals surface area contributed by atoms with Crippen molar-refractivity contribution in [3.63, 3.8) is 0 Å². The minimum Gasteiger partial charge on any atom is -0.481 e. The molecule has 1 atom stereocenters. The Morgan fingerprint density at radius 1 is 1.23 bits per heavy atom. The minimum absolute atomic E-state index is 0.0915. The standard InChI is InChI=1S/C15H20Cl2N2O3/c1-10(15(21)22)7-18(2)9-14(20)19(3)8-11-4-5-12(16)13(17)6-11/h4-6,10H,7-9H2,1-3H3,(H,21,22). The van der Waals surface area contributed by atoms with Gasteiger partial charge in [0.1, 0.15) is 0 Å². The molecule has 0 bridgehead atoms. The van der Waals surface area contributed by atoms with Gasteiger partial charge >= 0.3 is 5.97 Å². The average Bonchev–Trinajstić information content (AvgIpc) is 2.42. The lowest BCUT2D eigenvalue weighted by molar-refractivity contribution is -0.142. The van der Waals surface area contributed by atoms with E-state index in [9.17, 15) is 9.59 Å². The van der Waals surface area contributed by atoms with Crippen LogP contribution in [0.4, 0.5) is 0 Å². The highest BCUT2D eigenvalue weighted by Gasteiger charge is 2.17. The van der Waals surface area contributed by atoms with Crippen LogP contribution in [0.1, 0.15) is 12.5 Å². The Balaban J connectivity index is 2.54. The van der Waals surface area contributed by atoms with Crippen LogP contribution < -0.4 is 0 Å². The van der Waals surface area contributed by atoms with E-state index < -0.39 is 11.9 Å². The third-order valence-corrected chi connectivity index (χ3v) is 3.98. The predicted octanol–water partition coefficient (Wildman–Crippen LogP) is 2.60. The molecule has 0 aliphatic carbocycles. The molecule has 1 aromatic rings. The number of aliphatic carboxylic acids is 1. The Morgan fingerprint density at radius 3 is 2.41 bits per heavy atom. The lowest BCUT2D eigenvalue weighted by atomic mass is 10.2. The van der Waals surface area contributed by atoms with Gasteiger partial charge in [0.05, 0.1) is 22.5 Å². The average molecular weight is 347 g/mol. The number of carboxylic acid groups (broad SMARTS) is 1. The maximum absolute atomic E-state index is 12.1. The van der Waals surface area contributed by atoms with Crippen molar-refractivity contribution in [2.24, 2.45) is 5.92 Å². The molecule has 0 saturated carbocycles. The molecule has 1 N–H and O–H groups in total. The van der Waals surface area contributed by atoms with Gasteiger partial charge in [-0.1, -0.05) is 36.2 Å². The van der Waals surface area contributed by atoms with Crippen LogP contribution in [0.25, 0.3) is 0 Å². The minimum atomic E-state index is -0.872. The van der Waals surface area contributed by atoms with Crippen LogP contribution in [0, 0.1) is 5.92 Å². The number of rotatable bonds is 7. The maximum atomic E-state index is 12.1. The fourth-order valence-corrected chi connectivity index (χ4v) is 2.28. The molecule has 0 aromatic heterocycles. The number of hydrogen-bond acceptors (Lipinski definition) is 3. The van der Waals surface area contributed by atoms with Crippen LogP contribution >= 0.6 is 23.2 Å². The molecule has 0 radical (unpaired) electrons. The van der Waals surface area contributed by atoms with Gasteiger partial charge in [0.25, 0.3) is 0 Å². The Kier molecular flexibility index (Phi) is 7.13. The van der Waals surface area contributed by atoms with E-state index in [4.69, 9.17) is 28.3 Å². The van der Waals surface area contributed by atoms with E-state index in [1.807, 2.05) is 6.07 Å². The van der Waals surface area contributed by atoms with Crippen molar-refractivity contribution in [2.45, 2.75) is 13.5 Å². The molecule has 1 rings (SSSR count). The highest BCUT2D eigenvalue weighted by molar-refractivity contribution is 6.42. The molecule has 1 amide bonds. The summed E-state index contributed by atoms with van der Waals surface area (Å²) in [7, 11) is 3.42. The summed E-state index contributed by atoms with van der Waals surface area (Å²) in [6.45, 7) is 2.51. The van der Waals surface area contributed by atoms with Crippen molar-refractivity contribution in [3.05, 3.63) is 33.8 Å². The van der Waals surface area contributed by atoms with Crippen molar-refractivity contribution in [1.29, 1.82) is 0 Å². The lowest BCUT2D eigenvalue weighted by Gasteiger charge is -2.23. The molecule has 0 aliphatic rings. The largest absolute Gasteiger partial charge is 0.481 e. The SMILES string of the molecule is CC(CN(C)CC(=O)N(C)Cc1ccc(Cl)c(Cl)c1)C(=O)O. The summed E-state index contributed by atoms with van der Waals surface area (Å²) >= 11 is 11.8. The van der Waals surface area contributed by atoms with Crippen molar-refractivity contribution in [2.75, 3.05) is 27.2 Å². The smallest absolute Gasteiger partial charge is 0.307 e. The first-order chi connectivity index (χ1) is 10.2. The first-order valence-electron chi connectivity index (χ1n) is 6.80. The molecule has 0 aliphatic heterocycles. The first-order valence-corrected chi connectivity index (χ1v) is 7.55. The summed E-state index contributed by atoms with van der Waals surface area (Å²) in [6.07, 6.45) is 0. The van der Waals surface area contributed by atoms with E-state index in [2.05, 4.69) is 0 Å². The zero-order valence-electron chi connectivity index (χ0n) is 12.8. The molecule has 0 heterocycles. The van der Waals surface area contributed by atoms with Gasteiger partial charge < -0.3 is 10.0 Å². The van der Waals surface area contributed by atoms with E-state index in [1.54, 1.807) is 43.0 Å². The van der Waals surface area contributed by atoms with Gasteiger partial charge in [-0.05, 0) is 24.7 Å². The summed E-state index contributed by atoms with van der Waals surface area (Å²) in [5.41, 5.74) is 0.881. The van der Waals surface area contributed by atoms with Gasteiger partial charge in [-0.25, -0.2) is 0 Å². The molecule has 1 aromatic carbocycles. The third-order valence-electron chi connectivity index (χ3n) is 3.24. The Bertz CT molecular complexity index is 552. The fourth-order valence-electron chi connectivity index (χ4n) is 1.96. The van der Waals surface area contributed by atoms with Crippen LogP contribution in [0.15, 0.2) is 18.2 Å². The molecule has 0 saturated heterocycles. The summed E-state index contributed by atoms with van der Waals surface area (Å²) in [5, 5.41) is 9.80. The Labute approximate surface area is 140 Å². The molecular weight excluding hydrogens is 327 g/mol. The number of carboxylic acids is 1. The topological polar surface area (TPSA) is 60.9 Å². The van der Waals surface area contributed by atoms with Crippen molar-refractivity contribution >= 4 is 35.1 Å². The monoisotopic (exact) mass is 346 g/mol. The quantitative estimate of drug-likeness (QED) is 0.824. The van der Waals surface area contributed by atoms with Crippen LogP contribution in [0.2, 0.25) is 10.0 Å². The molecule has 1 unspecified atom stereocenters.